The predicted octanol–water partition coefficient (Wildman–Crippen LogP) is 9.40. The van der Waals surface area contributed by atoms with Crippen LogP contribution in [0.5, 0.6) is 0 Å². The van der Waals surface area contributed by atoms with E-state index in [1.807, 2.05) is 133 Å². The second kappa shape index (κ2) is 17.5. The largest absolute Gasteiger partial charge is 0.386 e. The number of aliphatic hydroxyl groups is 2. The monoisotopic (exact) mass is 828 g/mol. The fourth-order valence-electron chi connectivity index (χ4n) is 11.2. The van der Waals surface area contributed by atoms with Gasteiger partial charge in [-0.3, -0.25) is 14.4 Å². The minimum absolute atomic E-state index is 0.0458. The number of ketones is 3. The first-order valence-electron chi connectivity index (χ1n) is 22.4. The summed E-state index contributed by atoms with van der Waals surface area (Å²) < 4.78 is 0. The lowest BCUT2D eigenvalue weighted by molar-refractivity contribution is -0.145. The highest BCUT2D eigenvalue weighted by molar-refractivity contribution is 6.18. The van der Waals surface area contributed by atoms with Gasteiger partial charge in [0.05, 0.1) is 22.0 Å². The second-order valence-electron chi connectivity index (χ2n) is 18.9. The fraction of sp³-hybridized carbons (Fsp3) is 0.364. The summed E-state index contributed by atoms with van der Waals surface area (Å²) in [5, 5.41) is 32.6. The lowest BCUT2D eigenvalue weighted by atomic mass is 9.46. The molecule has 4 aromatic rings. The van der Waals surface area contributed by atoms with Crippen molar-refractivity contribution in [2.45, 2.75) is 77.4 Å². The molecular weight excluding hydrogens is 769 g/mol. The maximum atomic E-state index is 17.6. The molecule has 4 atom stereocenters. The molecule has 2 aliphatic carbocycles. The Morgan fingerprint density at radius 1 is 0.532 bits per heavy atom. The summed E-state index contributed by atoms with van der Waals surface area (Å²) in [6.07, 6.45) is 6.96. The van der Waals surface area contributed by atoms with Crippen LogP contribution >= 0.6 is 0 Å². The first-order valence-corrected chi connectivity index (χ1v) is 22.4. The third kappa shape index (κ3) is 7.96. The van der Waals surface area contributed by atoms with Crippen LogP contribution in [0.15, 0.2) is 156 Å². The van der Waals surface area contributed by atoms with E-state index < -0.39 is 22.0 Å². The second-order valence-corrected chi connectivity index (χ2v) is 18.9. The van der Waals surface area contributed by atoms with Crippen molar-refractivity contribution in [3.8, 4) is 0 Å². The average Bonchev–Trinajstić information content (AvgIpc) is 3.31. The SMILES string of the molecule is CC(C)(O)C1=CC(c2ccccc2)=C(C(=O)c2ccccc2)C[C@@]1(C(=O)[C@@]1(C2CCCNC2)CC(C(=O)c2ccccc2)=C(c2ccccc2)C=C1C(C)(C)O)C1CCCNC1. The molecule has 7 heteroatoms. The van der Waals surface area contributed by atoms with Gasteiger partial charge in [0.15, 0.2) is 17.3 Å². The molecular formula is C55H60N2O5. The molecule has 2 fully saturated rings. The van der Waals surface area contributed by atoms with E-state index in [9.17, 15) is 10.2 Å². The third-order valence-corrected chi connectivity index (χ3v) is 14.0. The molecule has 7 nitrogen and oxygen atoms in total. The lowest BCUT2D eigenvalue weighted by Gasteiger charge is -2.57. The summed E-state index contributed by atoms with van der Waals surface area (Å²) in [6, 6.07) is 38.0. The molecule has 0 radical (unpaired) electrons. The van der Waals surface area contributed by atoms with Crippen molar-refractivity contribution in [2.75, 3.05) is 26.2 Å². The summed E-state index contributed by atoms with van der Waals surface area (Å²) in [4.78, 5) is 48.0. The molecule has 0 spiro atoms. The number of hydrogen-bond donors (Lipinski definition) is 4. The van der Waals surface area contributed by atoms with Gasteiger partial charge in [0, 0.05) is 22.3 Å². The number of nitrogens with one attached hydrogen (secondary N) is 2. The lowest BCUT2D eigenvalue weighted by Crippen LogP contribution is -2.62. The van der Waals surface area contributed by atoms with E-state index >= 15 is 14.4 Å². The molecule has 0 amide bonds. The number of carbonyl (C=O) groups excluding carboxylic acids is 3. The zero-order valence-electron chi connectivity index (χ0n) is 36.5. The number of hydrogen-bond acceptors (Lipinski definition) is 7. The summed E-state index contributed by atoms with van der Waals surface area (Å²) in [5.74, 6) is -1.15. The quantitative estimate of drug-likeness (QED) is 0.105. The van der Waals surface area contributed by atoms with Gasteiger partial charge in [0.25, 0.3) is 0 Å². The summed E-state index contributed by atoms with van der Waals surface area (Å²) in [6.45, 7) is 9.58. The third-order valence-electron chi connectivity index (χ3n) is 14.0. The van der Waals surface area contributed by atoms with Crippen molar-refractivity contribution in [1.82, 2.24) is 10.6 Å². The van der Waals surface area contributed by atoms with Gasteiger partial charge in [-0.1, -0.05) is 133 Å². The smallest absolute Gasteiger partial charge is 0.189 e. The van der Waals surface area contributed by atoms with Gasteiger partial charge in [-0.25, -0.2) is 0 Å². The normalized spacial score (nSPS) is 24.9. The fourth-order valence-corrected chi connectivity index (χ4v) is 11.2. The van der Waals surface area contributed by atoms with Gasteiger partial charge in [0.1, 0.15) is 0 Å². The number of benzene rings is 4. The molecule has 4 aromatic carbocycles. The Balaban J connectivity index is 1.46. The van der Waals surface area contributed by atoms with E-state index in [4.69, 9.17) is 0 Å². The number of Topliss-reactive ketones (excluding diaryl/α,β-unsaturated/α-hetero) is 3. The number of rotatable bonds is 12. The van der Waals surface area contributed by atoms with Crippen LogP contribution in [-0.2, 0) is 4.79 Å². The van der Waals surface area contributed by atoms with Gasteiger partial charge in [-0.15, -0.1) is 0 Å². The van der Waals surface area contributed by atoms with Gasteiger partial charge < -0.3 is 20.8 Å². The van der Waals surface area contributed by atoms with E-state index in [0.717, 1.165) is 37.1 Å². The molecule has 320 valence electrons. The van der Waals surface area contributed by atoms with Crippen molar-refractivity contribution < 1.29 is 24.6 Å². The molecule has 2 saturated heterocycles. The molecule has 4 N–H and O–H groups in total. The van der Waals surface area contributed by atoms with Gasteiger partial charge in [-0.05, 0) is 138 Å². The van der Waals surface area contributed by atoms with Crippen molar-refractivity contribution in [3.05, 3.63) is 178 Å². The highest BCUT2D eigenvalue weighted by atomic mass is 16.3. The molecule has 0 saturated carbocycles. The van der Waals surface area contributed by atoms with Crippen molar-refractivity contribution in [1.29, 1.82) is 0 Å². The topological polar surface area (TPSA) is 116 Å². The highest BCUT2D eigenvalue weighted by Crippen LogP contribution is 2.63. The molecule has 2 aliphatic heterocycles. The standard InChI is InChI=1S/C55H60N2O5/c1-52(2,61)47-31-43(37-19-9-5-10-20-37)45(49(58)39-23-13-7-14-24-39)33-54(47,41-27-17-29-56-35-41)51(60)55(42-28-18-30-57-36-42)34-46(50(59)40-25-15-8-16-26-40)44(32-48(55)53(3,4)62)38-21-11-6-12-22-38/h5-16,19-26,31-32,41-42,56-57,61-62H,17-18,27-30,33-36H2,1-4H3/t41?,42?,54-,55-/m1/s1. The van der Waals surface area contributed by atoms with Crippen LogP contribution < -0.4 is 10.6 Å². The Bertz CT molecular complexity index is 2250. The zero-order chi connectivity index (χ0) is 43.7. The first kappa shape index (κ1) is 43.3. The number of piperidine rings is 2. The Labute approximate surface area is 366 Å². The van der Waals surface area contributed by atoms with Crippen LogP contribution in [0, 0.1) is 22.7 Å². The molecule has 0 bridgehead atoms. The Morgan fingerprint density at radius 2 is 0.871 bits per heavy atom. The summed E-state index contributed by atoms with van der Waals surface area (Å²) >= 11 is 0. The van der Waals surface area contributed by atoms with E-state index in [1.165, 1.54) is 0 Å². The zero-order valence-corrected chi connectivity index (χ0v) is 36.5. The summed E-state index contributed by atoms with van der Waals surface area (Å²) in [7, 11) is 0. The molecule has 4 aliphatic rings. The predicted molar refractivity (Wildman–Crippen MR) is 247 cm³/mol. The number of carbonyl (C=O) groups is 3. The minimum Gasteiger partial charge on any atom is -0.386 e. The highest BCUT2D eigenvalue weighted by Gasteiger charge is 2.64. The van der Waals surface area contributed by atoms with Crippen LogP contribution in [0.4, 0.5) is 0 Å². The Hall–Kier alpha value is -5.31. The van der Waals surface area contributed by atoms with Crippen LogP contribution in [0.1, 0.15) is 98.1 Å². The van der Waals surface area contributed by atoms with E-state index in [-0.39, 0.29) is 42.0 Å². The van der Waals surface area contributed by atoms with Crippen LogP contribution in [0.25, 0.3) is 11.1 Å². The van der Waals surface area contributed by atoms with Gasteiger partial charge in [-0.2, -0.15) is 0 Å². The van der Waals surface area contributed by atoms with Crippen LogP contribution in [0.2, 0.25) is 0 Å². The van der Waals surface area contributed by atoms with Crippen molar-refractivity contribution in [2.24, 2.45) is 22.7 Å². The van der Waals surface area contributed by atoms with E-state index in [1.54, 1.807) is 27.7 Å². The van der Waals surface area contributed by atoms with Crippen molar-refractivity contribution in [3.63, 3.8) is 0 Å². The van der Waals surface area contributed by atoms with Crippen LogP contribution in [-0.4, -0.2) is 64.9 Å². The van der Waals surface area contributed by atoms with Gasteiger partial charge >= 0.3 is 0 Å². The molecule has 8 rings (SSSR count). The van der Waals surface area contributed by atoms with Crippen LogP contribution in [0.3, 0.4) is 0 Å². The molecule has 2 unspecified atom stereocenters. The summed E-state index contributed by atoms with van der Waals surface area (Å²) in [5.41, 5.74) is 0.295. The maximum absolute atomic E-state index is 17.6. The minimum atomic E-state index is -1.51. The van der Waals surface area contributed by atoms with E-state index in [2.05, 4.69) is 10.6 Å². The van der Waals surface area contributed by atoms with Gasteiger partial charge in [0.2, 0.25) is 0 Å². The van der Waals surface area contributed by atoms with E-state index in [0.29, 0.717) is 70.5 Å². The molecule has 62 heavy (non-hydrogen) atoms. The average molecular weight is 829 g/mol. The molecule has 0 aromatic heterocycles. The Morgan fingerprint density at radius 3 is 1.18 bits per heavy atom. The number of allylic oxidation sites excluding steroid dienone is 6. The maximum Gasteiger partial charge on any atom is 0.189 e. The van der Waals surface area contributed by atoms with Crippen molar-refractivity contribution >= 4 is 28.5 Å². The first-order chi connectivity index (χ1) is 29.8. The molecule has 2 heterocycles. The Kier molecular flexibility index (Phi) is 12.2.